The molecule has 2 N–H and O–H groups in total. The van der Waals surface area contributed by atoms with E-state index in [9.17, 15) is 36.0 Å². The van der Waals surface area contributed by atoms with Crippen molar-refractivity contribution in [3.8, 4) is 5.88 Å². The molecule has 0 atom stereocenters. The molecule has 6 rings (SSSR count). The number of aromatic amines is 1. The van der Waals surface area contributed by atoms with Crippen LogP contribution in [0.5, 0.6) is 0 Å². The number of fused-ring (bicyclic) bond motifs is 2. The SMILES string of the molecule is CCC(=O)c1c(I)oc2cc(N(C)S(C)(=O)=O)c(Br)cc12.CNC(=O)c1c(-n2ccc(C)cc2=O)oc2cc(N(C)S(C)(=O)=O)c(Br)cc12.Cc1cc[nH]c(=O)c1. The first kappa shape index (κ1) is 45.5. The molecule has 0 aliphatic rings. The zero-order chi connectivity index (χ0) is 42.7. The predicted molar refractivity (Wildman–Crippen MR) is 237 cm³/mol. The molecule has 57 heavy (non-hydrogen) atoms. The van der Waals surface area contributed by atoms with Gasteiger partial charge in [-0.1, -0.05) is 6.92 Å². The van der Waals surface area contributed by atoms with Crippen LogP contribution in [-0.4, -0.2) is 71.7 Å². The number of halogens is 3. The van der Waals surface area contributed by atoms with Gasteiger partial charge in [0.15, 0.2) is 9.55 Å². The average molecular weight is 1060 g/mol. The highest BCUT2D eigenvalue weighted by Crippen LogP contribution is 2.38. The van der Waals surface area contributed by atoms with Gasteiger partial charge in [-0.2, -0.15) is 0 Å². The average Bonchev–Trinajstić information content (AvgIpc) is 3.64. The first-order valence-electron chi connectivity index (χ1n) is 16.7. The van der Waals surface area contributed by atoms with Crippen LogP contribution in [-0.2, 0) is 20.0 Å². The number of nitrogens with zero attached hydrogens (tertiary/aromatic N) is 3. The summed E-state index contributed by atoms with van der Waals surface area (Å²) in [5.74, 6) is -0.378. The van der Waals surface area contributed by atoms with E-state index in [0.29, 0.717) is 52.4 Å². The number of anilines is 2. The Morgan fingerprint density at radius 3 is 1.77 bits per heavy atom. The Hall–Kier alpha value is -4.25. The molecular formula is C37H38Br2IN5O10S2. The third kappa shape index (κ3) is 10.4. The van der Waals surface area contributed by atoms with E-state index < -0.39 is 26.0 Å². The quantitative estimate of drug-likeness (QED) is 0.120. The summed E-state index contributed by atoms with van der Waals surface area (Å²) in [6.45, 7) is 5.46. The normalized spacial score (nSPS) is 11.4. The fraction of sp³-hybridized carbons (Fsp3) is 0.243. The molecule has 0 aliphatic carbocycles. The molecule has 0 aliphatic heterocycles. The van der Waals surface area contributed by atoms with E-state index in [1.807, 2.05) is 35.6 Å². The lowest BCUT2D eigenvalue weighted by molar-refractivity contribution is 0.0961. The minimum Gasteiger partial charge on any atom is -0.449 e. The van der Waals surface area contributed by atoms with Crippen molar-refractivity contribution in [2.24, 2.45) is 0 Å². The van der Waals surface area contributed by atoms with E-state index in [2.05, 4.69) is 42.2 Å². The van der Waals surface area contributed by atoms with Crippen LogP contribution in [0.1, 0.15) is 45.2 Å². The standard InChI is InChI=1S/C18H18BrN3O5S.C13H13BrINO4S.C6H7NO/c1-10-5-6-22(15(23)7-10)18-16(17(24)20-2)11-8-12(19)13(9-14(11)27-18)21(3)28(4,25)26;1-4-10(17)12-7-5-8(14)9(16(2)21(3,18)19)6-11(7)20-13(12)15;1-5-2-3-7-6(8)4-5/h5-9H,1-4H3,(H,20,24);5-6H,4H2,1-3H3;2-4H,1H3,(H,7,8). The zero-order valence-electron chi connectivity index (χ0n) is 31.9. The molecule has 20 heteroatoms. The summed E-state index contributed by atoms with van der Waals surface area (Å²) in [7, 11) is -2.53. The van der Waals surface area contributed by atoms with E-state index in [0.717, 1.165) is 32.2 Å². The molecule has 0 bridgehead atoms. The fourth-order valence-electron chi connectivity index (χ4n) is 5.26. The number of benzene rings is 2. The molecule has 1 amide bonds. The molecule has 0 unspecified atom stereocenters. The second-order valence-electron chi connectivity index (χ2n) is 12.6. The van der Waals surface area contributed by atoms with Crippen molar-refractivity contribution >= 4 is 120 Å². The van der Waals surface area contributed by atoms with Gasteiger partial charge in [-0.05, 0) is 81.1 Å². The molecule has 0 radical (unpaired) electrons. The maximum atomic E-state index is 12.5. The number of carbonyl (C=O) groups excluding carboxylic acids is 2. The Bertz CT molecular complexity index is 2870. The van der Waals surface area contributed by atoms with Crippen molar-refractivity contribution in [1.82, 2.24) is 14.9 Å². The third-order valence-corrected chi connectivity index (χ3v) is 12.8. The number of Topliss-reactive ketones (excluding diaryl/α,β-unsaturated/α-hetero) is 1. The number of aryl methyl sites for hydroxylation is 2. The number of carbonyl (C=O) groups is 2. The number of nitrogens with one attached hydrogen (secondary N) is 2. The molecule has 4 heterocycles. The number of amides is 1. The first-order valence-corrected chi connectivity index (χ1v) is 23.0. The Morgan fingerprint density at radius 1 is 0.825 bits per heavy atom. The van der Waals surface area contributed by atoms with Gasteiger partial charge in [-0.15, -0.1) is 0 Å². The van der Waals surface area contributed by atoms with Crippen molar-refractivity contribution < 1.29 is 35.3 Å². The smallest absolute Gasteiger partial charge is 0.257 e. The minimum absolute atomic E-state index is 0.00531. The topological polar surface area (TPSA) is 202 Å². The summed E-state index contributed by atoms with van der Waals surface area (Å²) >= 11 is 8.69. The van der Waals surface area contributed by atoms with Crippen molar-refractivity contribution in [2.75, 3.05) is 42.3 Å². The minimum atomic E-state index is -3.51. The second-order valence-corrected chi connectivity index (χ2v) is 19.3. The van der Waals surface area contributed by atoms with Crippen LogP contribution in [0.25, 0.3) is 27.8 Å². The van der Waals surface area contributed by atoms with Crippen LogP contribution in [0.2, 0.25) is 0 Å². The van der Waals surface area contributed by atoms with Gasteiger partial charge in [0, 0.05) is 107 Å². The lowest BCUT2D eigenvalue weighted by Crippen LogP contribution is -2.25. The highest BCUT2D eigenvalue weighted by Gasteiger charge is 2.26. The summed E-state index contributed by atoms with van der Waals surface area (Å²) in [4.78, 5) is 49.9. The molecular weight excluding hydrogens is 1030 g/mol. The fourth-order valence-corrected chi connectivity index (χ4v) is 8.56. The van der Waals surface area contributed by atoms with E-state index in [1.165, 1.54) is 44.0 Å². The first-order chi connectivity index (χ1) is 26.5. The second kappa shape index (κ2) is 18.1. The summed E-state index contributed by atoms with van der Waals surface area (Å²) in [5, 5.41) is 3.67. The molecule has 0 saturated carbocycles. The summed E-state index contributed by atoms with van der Waals surface area (Å²) in [6.07, 6.45) is 5.76. The maximum Gasteiger partial charge on any atom is 0.257 e. The monoisotopic (exact) mass is 1060 g/mol. The van der Waals surface area contributed by atoms with Crippen LogP contribution in [0, 0.1) is 17.6 Å². The van der Waals surface area contributed by atoms with Crippen LogP contribution in [0.3, 0.4) is 0 Å². The van der Waals surface area contributed by atoms with E-state index in [1.54, 1.807) is 50.4 Å². The largest absolute Gasteiger partial charge is 0.449 e. The van der Waals surface area contributed by atoms with Crippen molar-refractivity contribution in [1.29, 1.82) is 0 Å². The van der Waals surface area contributed by atoms with Gasteiger partial charge in [-0.3, -0.25) is 32.4 Å². The zero-order valence-corrected chi connectivity index (χ0v) is 38.8. The number of aromatic nitrogens is 2. The molecule has 4 aromatic heterocycles. The summed E-state index contributed by atoms with van der Waals surface area (Å²) in [5.41, 5.74) is 3.68. The van der Waals surface area contributed by atoms with Gasteiger partial charge in [0.2, 0.25) is 31.5 Å². The van der Waals surface area contributed by atoms with E-state index in [4.69, 9.17) is 8.83 Å². The van der Waals surface area contributed by atoms with Gasteiger partial charge < -0.3 is 19.1 Å². The molecule has 15 nitrogen and oxygen atoms in total. The Kier molecular flexibility index (Phi) is 14.5. The third-order valence-electron chi connectivity index (χ3n) is 8.41. The van der Waals surface area contributed by atoms with E-state index >= 15 is 0 Å². The number of furan rings is 2. The number of hydrogen-bond donors (Lipinski definition) is 2. The number of sulfonamides is 2. The number of ketones is 1. The molecule has 0 spiro atoms. The van der Waals surface area contributed by atoms with Crippen LogP contribution in [0.15, 0.2) is 88.3 Å². The lowest BCUT2D eigenvalue weighted by Gasteiger charge is -2.18. The Balaban J connectivity index is 0.000000217. The molecule has 2 aromatic carbocycles. The van der Waals surface area contributed by atoms with Crippen molar-refractivity contribution in [3.05, 3.63) is 117 Å². The highest BCUT2D eigenvalue weighted by atomic mass is 127. The molecule has 0 saturated heterocycles. The number of pyridine rings is 2. The molecule has 304 valence electrons. The Morgan fingerprint density at radius 2 is 1.33 bits per heavy atom. The number of rotatable bonds is 8. The van der Waals surface area contributed by atoms with Crippen LogP contribution >= 0.6 is 54.5 Å². The van der Waals surface area contributed by atoms with Crippen molar-refractivity contribution in [2.45, 2.75) is 27.2 Å². The van der Waals surface area contributed by atoms with Gasteiger partial charge in [-0.25, -0.2) is 16.8 Å². The Labute approximate surface area is 358 Å². The van der Waals surface area contributed by atoms with Gasteiger partial charge in [0.25, 0.3) is 11.5 Å². The van der Waals surface area contributed by atoms with Gasteiger partial charge in [0.1, 0.15) is 16.7 Å². The highest BCUT2D eigenvalue weighted by molar-refractivity contribution is 14.1. The number of H-pyrrole nitrogens is 1. The molecule has 0 fully saturated rings. The summed E-state index contributed by atoms with van der Waals surface area (Å²) in [6, 6.07) is 13.0. The predicted octanol–water partition coefficient (Wildman–Crippen LogP) is 6.88. The van der Waals surface area contributed by atoms with Crippen molar-refractivity contribution in [3.63, 3.8) is 0 Å². The van der Waals surface area contributed by atoms with Gasteiger partial charge >= 0.3 is 0 Å². The van der Waals surface area contributed by atoms with Crippen LogP contribution in [0.4, 0.5) is 11.4 Å². The molecule has 6 aromatic rings. The lowest BCUT2D eigenvalue weighted by atomic mass is 10.1. The van der Waals surface area contributed by atoms with Gasteiger partial charge in [0.05, 0.1) is 29.4 Å². The maximum absolute atomic E-state index is 12.5. The number of hydrogen-bond acceptors (Lipinski definition) is 10. The van der Waals surface area contributed by atoms with Crippen LogP contribution < -0.4 is 25.0 Å². The van der Waals surface area contributed by atoms with E-state index in [-0.39, 0.29) is 33.9 Å². The summed E-state index contributed by atoms with van der Waals surface area (Å²) < 4.78 is 63.7.